The Balaban J connectivity index is 4.37. The van der Waals surface area contributed by atoms with Gasteiger partial charge in [0, 0.05) is 0 Å². The van der Waals surface area contributed by atoms with Gasteiger partial charge in [0.25, 0.3) is 0 Å². The van der Waals surface area contributed by atoms with Crippen LogP contribution in [0, 0.1) is 16.7 Å². The summed E-state index contributed by atoms with van der Waals surface area (Å²) in [5, 5.41) is 0. The molecule has 29 heavy (non-hydrogen) atoms. The molecule has 0 aliphatic rings. The summed E-state index contributed by atoms with van der Waals surface area (Å²) in [7, 11) is 0. The first-order chi connectivity index (χ1) is 13.4. The van der Waals surface area contributed by atoms with Crippen molar-refractivity contribution in [3.8, 4) is 0 Å². The Morgan fingerprint density at radius 1 is 0.690 bits per heavy atom. The molecule has 4 nitrogen and oxygen atoms in total. The van der Waals surface area contributed by atoms with Gasteiger partial charge in [-0.15, -0.1) is 0 Å². The van der Waals surface area contributed by atoms with Crippen molar-refractivity contribution in [2.24, 2.45) is 16.7 Å². The molecule has 1 atom stereocenters. The average Bonchev–Trinajstić information content (AvgIpc) is 2.61. The predicted octanol–water partition coefficient (Wildman–Crippen LogP) is 7.09. The summed E-state index contributed by atoms with van der Waals surface area (Å²) in [4.78, 5) is 24.8. The van der Waals surface area contributed by atoms with Crippen molar-refractivity contribution < 1.29 is 19.1 Å². The van der Waals surface area contributed by atoms with Crippen molar-refractivity contribution in [2.75, 3.05) is 13.2 Å². The summed E-state index contributed by atoms with van der Waals surface area (Å²) in [6, 6.07) is 0. The number of esters is 2. The first kappa shape index (κ1) is 27.9. The van der Waals surface area contributed by atoms with Crippen molar-refractivity contribution >= 4 is 11.9 Å². The lowest BCUT2D eigenvalue weighted by molar-refractivity contribution is -0.158. The second-order valence-corrected chi connectivity index (χ2v) is 10.9. The molecule has 0 heterocycles. The fourth-order valence-corrected chi connectivity index (χ4v) is 2.97. The number of hydrogen-bond acceptors (Lipinski definition) is 4. The highest BCUT2D eigenvalue weighted by molar-refractivity contribution is 5.80. The fourth-order valence-electron chi connectivity index (χ4n) is 2.97. The molecule has 0 aromatic carbocycles. The second-order valence-electron chi connectivity index (χ2n) is 10.9. The molecule has 4 heteroatoms. The quantitative estimate of drug-likeness (QED) is 0.213. The number of carbonyl (C=O) groups excluding carboxylic acids is 2. The van der Waals surface area contributed by atoms with Crippen LogP contribution in [0.5, 0.6) is 0 Å². The highest BCUT2D eigenvalue weighted by Crippen LogP contribution is 2.21. The molecule has 0 aromatic rings. The molecule has 0 fully saturated rings. The summed E-state index contributed by atoms with van der Waals surface area (Å²) >= 11 is 0. The normalized spacial score (nSPS) is 13.2. The van der Waals surface area contributed by atoms with Crippen LogP contribution in [0.3, 0.4) is 0 Å². The summed E-state index contributed by atoms with van der Waals surface area (Å²) in [5.74, 6) is -0.949. The van der Waals surface area contributed by atoms with Gasteiger partial charge in [-0.05, 0) is 17.3 Å². The van der Waals surface area contributed by atoms with Gasteiger partial charge in [0.05, 0.1) is 25.6 Å². The van der Waals surface area contributed by atoms with Gasteiger partial charge in [-0.25, -0.2) is 0 Å². The molecule has 0 aliphatic heterocycles. The third kappa shape index (κ3) is 18.7. The van der Waals surface area contributed by atoms with E-state index in [1.165, 1.54) is 44.9 Å². The van der Waals surface area contributed by atoms with Gasteiger partial charge in [-0.3, -0.25) is 9.59 Å². The summed E-state index contributed by atoms with van der Waals surface area (Å²) in [5.41, 5.74) is -0.153. The Kier molecular flexibility index (Phi) is 14.3. The zero-order valence-corrected chi connectivity index (χ0v) is 20.4. The zero-order valence-electron chi connectivity index (χ0n) is 20.4. The third-order valence-electron chi connectivity index (χ3n) is 4.72. The molecule has 0 amide bonds. The molecule has 0 aromatic heterocycles. The van der Waals surface area contributed by atoms with E-state index in [1.807, 2.05) is 41.5 Å². The van der Waals surface area contributed by atoms with E-state index in [0.717, 1.165) is 12.8 Å². The first-order valence-electron chi connectivity index (χ1n) is 11.8. The van der Waals surface area contributed by atoms with Crippen molar-refractivity contribution in [1.29, 1.82) is 0 Å². The molecular weight excluding hydrogens is 364 g/mol. The van der Waals surface area contributed by atoms with Crippen LogP contribution in [0.2, 0.25) is 0 Å². The van der Waals surface area contributed by atoms with Gasteiger partial charge < -0.3 is 9.47 Å². The minimum Gasteiger partial charge on any atom is -0.465 e. The number of unbranched alkanes of at least 4 members (excludes halogenated alkanes) is 8. The maximum atomic E-state index is 12.6. The number of rotatable bonds is 15. The van der Waals surface area contributed by atoms with Crippen LogP contribution in [0.4, 0.5) is 0 Å². The van der Waals surface area contributed by atoms with Gasteiger partial charge in [0.15, 0.2) is 0 Å². The molecule has 1 unspecified atom stereocenters. The lowest BCUT2D eigenvalue weighted by Gasteiger charge is -2.22. The number of hydrogen-bond donors (Lipinski definition) is 0. The SMILES string of the molecule is CCCCCCCCCCCC(CC(=O)OCC(C)(C)C)C(=O)OCC(C)(C)C. The monoisotopic (exact) mass is 412 g/mol. The van der Waals surface area contributed by atoms with E-state index in [1.54, 1.807) is 0 Å². The minimum atomic E-state index is -0.394. The highest BCUT2D eigenvalue weighted by Gasteiger charge is 2.26. The number of ether oxygens (including phenoxy) is 2. The van der Waals surface area contributed by atoms with Crippen molar-refractivity contribution in [3.63, 3.8) is 0 Å². The Morgan fingerprint density at radius 3 is 1.62 bits per heavy atom. The molecule has 0 N–H and O–H groups in total. The molecule has 172 valence electrons. The van der Waals surface area contributed by atoms with Gasteiger partial charge in [-0.2, -0.15) is 0 Å². The van der Waals surface area contributed by atoms with E-state index in [-0.39, 0.29) is 29.2 Å². The van der Waals surface area contributed by atoms with Gasteiger partial charge in [0.1, 0.15) is 0 Å². The van der Waals surface area contributed by atoms with Crippen LogP contribution in [0.1, 0.15) is 119 Å². The van der Waals surface area contributed by atoms with Crippen molar-refractivity contribution in [2.45, 2.75) is 119 Å². The Bertz CT molecular complexity index is 443. The van der Waals surface area contributed by atoms with Gasteiger partial charge >= 0.3 is 11.9 Å². The lowest BCUT2D eigenvalue weighted by atomic mass is 9.95. The summed E-state index contributed by atoms with van der Waals surface area (Å²) < 4.78 is 10.9. The molecule has 0 rings (SSSR count). The Hall–Kier alpha value is -1.06. The van der Waals surface area contributed by atoms with Crippen LogP contribution in [0.15, 0.2) is 0 Å². The zero-order chi connectivity index (χ0) is 22.3. The van der Waals surface area contributed by atoms with Crippen molar-refractivity contribution in [1.82, 2.24) is 0 Å². The van der Waals surface area contributed by atoms with Crippen LogP contribution in [0.25, 0.3) is 0 Å². The average molecular weight is 413 g/mol. The number of carbonyl (C=O) groups is 2. The van der Waals surface area contributed by atoms with E-state index in [2.05, 4.69) is 6.92 Å². The highest BCUT2D eigenvalue weighted by atomic mass is 16.5. The molecule has 0 aliphatic carbocycles. The molecule has 0 saturated heterocycles. The van der Waals surface area contributed by atoms with E-state index in [9.17, 15) is 9.59 Å². The van der Waals surface area contributed by atoms with E-state index in [0.29, 0.717) is 19.6 Å². The lowest BCUT2D eigenvalue weighted by Crippen LogP contribution is -2.27. The first-order valence-corrected chi connectivity index (χ1v) is 11.8. The minimum absolute atomic E-state index is 0.0744. The van der Waals surface area contributed by atoms with Crippen LogP contribution >= 0.6 is 0 Å². The van der Waals surface area contributed by atoms with Gasteiger partial charge in [0.2, 0.25) is 0 Å². The molecule has 0 saturated carbocycles. The molecular formula is C25H48O4. The standard InChI is InChI=1S/C25H48O4/c1-8-9-10-11-12-13-14-15-16-17-21(23(27)29-20-25(5,6)7)18-22(26)28-19-24(2,3)4/h21H,8-20H2,1-7H3. The van der Waals surface area contributed by atoms with Crippen LogP contribution in [-0.2, 0) is 19.1 Å². The topological polar surface area (TPSA) is 52.6 Å². The van der Waals surface area contributed by atoms with E-state index in [4.69, 9.17) is 9.47 Å². The summed E-state index contributed by atoms with van der Waals surface area (Å²) in [6.07, 6.45) is 11.9. The Morgan fingerprint density at radius 2 is 1.14 bits per heavy atom. The third-order valence-corrected chi connectivity index (χ3v) is 4.72. The largest absolute Gasteiger partial charge is 0.465 e. The van der Waals surface area contributed by atoms with E-state index >= 15 is 0 Å². The Labute approximate surface area is 180 Å². The fraction of sp³-hybridized carbons (Fsp3) is 0.920. The molecule has 0 radical (unpaired) electrons. The maximum absolute atomic E-state index is 12.6. The predicted molar refractivity (Wildman–Crippen MR) is 121 cm³/mol. The van der Waals surface area contributed by atoms with Crippen LogP contribution < -0.4 is 0 Å². The molecule has 0 spiro atoms. The van der Waals surface area contributed by atoms with Crippen molar-refractivity contribution in [3.05, 3.63) is 0 Å². The van der Waals surface area contributed by atoms with Gasteiger partial charge in [-0.1, -0.05) is 106 Å². The maximum Gasteiger partial charge on any atom is 0.309 e. The summed E-state index contributed by atoms with van der Waals surface area (Å²) in [6.45, 7) is 15.2. The second kappa shape index (κ2) is 14.8. The molecule has 0 bridgehead atoms. The van der Waals surface area contributed by atoms with E-state index < -0.39 is 5.92 Å². The van der Waals surface area contributed by atoms with Crippen LogP contribution in [-0.4, -0.2) is 25.2 Å². The smallest absolute Gasteiger partial charge is 0.309 e.